The number of carbonyl (C=O) groups excluding carboxylic acids is 1. The second-order valence-electron chi connectivity index (χ2n) is 6.76. The van der Waals surface area contributed by atoms with Crippen molar-refractivity contribution >= 4 is 32.6 Å². The molecule has 0 spiro atoms. The SMILES string of the molecule is CCOCOc1ccc2nc(NC(=O)c3ccc([I+]c4cccc(C)c4)cc3)sc2c1.[Br-]. The van der Waals surface area contributed by atoms with Gasteiger partial charge in [0.2, 0.25) is 0 Å². The van der Waals surface area contributed by atoms with E-state index in [0.717, 1.165) is 16.0 Å². The Morgan fingerprint density at radius 2 is 1.88 bits per heavy atom. The molecule has 4 rings (SSSR count). The number of amides is 1. The molecule has 0 unspecified atom stereocenters. The number of thiazole rings is 1. The lowest BCUT2D eigenvalue weighted by molar-refractivity contribution is -0.597. The third-order valence-corrected chi connectivity index (χ3v) is 7.97. The van der Waals surface area contributed by atoms with Crippen molar-refractivity contribution in [2.75, 3.05) is 18.7 Å². The van der Waals surface area contributed by atoms with Crippen molar-refractivity contribution in [2.24, 2.45) is 0 Å². The number of halogens is 2. The molecule has 3 aromatic carbocycles. The molecular weight excluding hydrogens is 603 g/mol. The fourth-order valence-corrected chi connectivity index (χ4v) is 6.23. The van der Waals surface area contributed by atoms with Crippen LogP contribution < -0.4 is 48.2 Å². The van der Waals surface area contributed by atoms with Gasteiger partial charge in [-0.05, 0) is 74.0 Å². The Bertz CT molecular complexity index is 1200. The number of carbonyl (C=O) groups is 1. The molecule has 8 heteroatoms. The molecule has 1 heterocycles. The van der Waals surface area contributed by atoms with E-state index in [4.69, 9.17) is 9.47 Å². The first-order valence-corrected chi connectivity index (χ1v) is 12.8. The van der Waals surface area contributed by atoms with Crippen molar-refractivity contribution in [3.63, 3.8) is 0 Å². The molecule has 4 aromatic rings. The van der Waals surface area contributed by atoms with Crippen molar-refractivity contribution < 1.29 is 52.5 Å². The highest BCUT2D eigenvalue weighted by Gasteiger charge is 2.17. The smallest absolute Gasteiger partial charge is 0.357 e. The van der Waals surface area contributed by atoms with Crippen molar-refractivity contribution in [3.05, 3.63) is 85.0 Å². The van der Waals surface area contributed by atoms with E-state index in [1.165, 1.54) is 24.0 Å². The predicted octanol–water partition coefficient (Wildman–Crippen LogP) is -0.638. The number of fused-ring (bicyclic) bond motifs is 1. The number of anilines is 1. The Labute approximate surface area is 212 Å². The summed E-state index contributed by atoms with van der Waals surface area (Å²) in [5.41, 5.74) is 2.72. The van der Waals surface area contributed by atoms with E-state index in [1.807, 2.05) is 49.4 Å². The molecule has 0 aliphatic heterocycles. The summed E-state index contributed by atoms with van der Waals surface area (Å²) in [7, 11) is 0. The van der Waals surface area contributed by atoms with Crippen molar-refractivity contribution in [2.45, 2.75) is 13.8 Å². The van der Waals surface area contributed by atoms with Gasteiger partial charge in [0.05, 0.1) is 10.2 Å². The highest BCUT2D eigenvalue weighted by Crippen LogP contribution is 2.29. The summed E-state index contributed by atoms with van der Waals surface area (Å²) in [6, 6.07) is 22.1. The van der Waals surface area contributed by atoms with Gasteiger partial charge in [0.1, 0.15) is 5.75 Å². The molecule has 0 bridgehead atoms. The molecule has 0 fully saturated rings. The first kappa shape index (κ1) is 24.6. The standard InChI is InChI=1S/C24H21IN2O3S.BrH/c1-3-29-15-30-20-11-12-21-22(14-20)31-24(26-21)27-23(28)17-7-9-18(10-8-17)25-19-6-4-5-16(2)13-19;/h4-14H,3,15H2,1-2H3;1H. The monoisotopic (exact) mass is 624 g/mol. The van der Waals surface area contributed by atoms with Crippen LogP contribution in [0.1, 0.15) is 22.8 Å². The third kappa shape index (κ3) is 6.50. The maximum absolute atomic E-state index is 12.7. The van der Waals surface area contributed by atoms with Crippen LogP contribution in [0.3, 0.4) is 0 Å². The highest BCUT2D eigenvalue weighted by atomic mass is 127. The van der Waals surface area contributed by atoms with E-state index in [-0.39, 0.29) is 50.9 Å². The number of nitrogens with zero attached hydrogens (tertiary/aromatic N) is 1. The molecule has 0 radical (unpaired) electrons. The van der Waals surface area contributed by atoms with Crippen LogP contribution in [-0.4, -0.2) is 24.3 Å². The summed E-state index contributed by atoms with van der Waals surface area (Å²) in [5.74, 6) is 0.558. The minimum absolute atomic E-state index is 0. The quantitative estimate of drug-likeness (QED) is 0.161. The van der Waals surface area contributed by atoms with E-state index in [9.17, 15) is 4.79 Å². The minimum atomic E-state index is -0.256. The molecular formula is C24H22BrIN2O3S. The molecule has 1 aromatic heterocycles. The molecule has 0 aliphatic rings. The largest absolute Gasteiger partial charge is 1.00 e. The summed E-state index contributed by atoms with van der Waals surface area (Å²) in [6.45, 7) is 4.85. The van der Waals surface area contributed by atoms with Crippen molar-refractivity contribution in [1.29, 1.82) is 0 Å². The van der Waals surface area contributed by atoms with Crippen LogP contribution in [0.25, 0.3) is 10.2 Å². The molecule has 1 amide bonds. The van der Waals surface area contributed by atoms with Crippen LogP contribution in [0, 0.1) is 14.1 Å². The van der Waals surface area contributed by atoms with Crippen LogP contribution in [0.4, 0.5) is 5.13 Å². The number of hydrogen-bond acceptors (Lipinski definition) is 5. The van der Waals surface area contributed by atoms with Gasteiger partial charge in [-0.25, -0.2) is 4.98 Å². The molecule has 0 saturated heterocycles. The Morgan fingerprint density at radius 1 is 1.06 bits per heavy atom. The number of aryl methyl sites for hydroxylation is 1. The summed E-state index contributed by atoms with van der Waals surface area (Å²) in [4.78, 5) is 17.2. The number of hydrogen-bond donors (Lipinski definition) is 1. The molecule has 5 nitrogen and oxygen atoms in total. The zero-order chi connectivity index (χ0) is 21.6. The Balaban J connectivity index is 0.00000289. The Kier molecular flexibility index (Phi) is 9.03. The summed E-state index contributed by atoms with van der Waals surface area (Å²) in [6.07, 6.45) is 0. The van der Waals surface area contributed by atoms with Crippen LogP contribution in [0.2, 0.25) is 0 Å². The fraction of sp³-hybridized carbons (Fsp3) is 0.167. The average molecular weight is 625 g/mol. The zero-order valence-corrected chi connectivity index (χ0v) is 22.2. The lowest BCUT2D eigenvalue weighted by Gasteiger charge is -2.04. The maximum Gasteiger partial charge on any atom is 0.357 e. The second-order valence-corrected chi connectivity index (χ2v) is 10.8. The molecule has 166 valence electrons. The third-order valence-electron chi connectivity index (χ3n) is 4.40. The maximum atomic E-state index is 12.7. The number of aromatic nitrogens is 1. The lowest BCUT2D eigenvalue weighted by Crippen LogP contribution is -3.61. The van der Waals surface area contributed by atoms with Gasteiger partial charge in [-0.3, -0.25) is 10.1 Å². The zero-order valence-electron chi connectivity index (χ0n) is 17.6. The first-order valence-electron chi connectivity index (χ1n) is 9.85. The second kappa shape index (κ2) is 11.7. The summed E-state index contributed by atoms with van der Waals surface area (Å²) < 4.78 is 14.4. The van der Waals surface area contributed by atoms with Crippen molar-refractivity contribution in [1.82, 2.24) is 4.98 Å². The fourth-order valence-electron chi connectivity index (χ4n) is 2.87. The van der Waals surface area contributed by atoms with Gasteiger partial charge in [-0.1, -0.05) is 23.5 Å². The topological polar surface area (TPSA) is 60.5 Å². The molecule has 1 N–H and O–H groups in total. The number of ether oxygens (including phenoxy) is 2. The highest BCUT2D eigenvalue weighted by molar-refractivity contribution is 7.22. The minimum Gasteiger partial charge on any atom is -1.00 e. The average Bonchev–Trinajstić information content (AvgIpc) is 3.16. The van der Waals surface area contributed by atoms with E-state index >= 15 is 0 Å². The van der Waals surface area contributed by atoms with E-state index in [2.05, 4.69) is 41.5 Å². The lowest BCUT2D eigenvalue weighted by atomic mass is 10.2. The molecule has 0 aliphatic carbocycles. The van der Waals surface area contributed by atoms with E-state index in [0.29, 0.717) is 17.3 Å². The van der Waals surface area contributed by atoms with Crippen LogP contribution in [-0.2, 0) is 4.74 Å². The predicted molar refractivity (Wildman–Crippen MR) is 120 cm³/mol. The summed E-state index contributed by atoms with van der Waals surface area (Å²) in [5, 5.41) is 3.48. The van der Waals surface area contributed by atoms with Gasteiger partial charge in [0, 0.05) is 12.2 Å². The Morgan fingerprint density at radius 3 is 2.62 bits per heavy atom. The Hall–Kier alpha value is -2.01. The van der Waals surface area contributed by atoms with Crippen molar-refractivity contribution in [3.8, 4) is 5.75 Å². The molecule has 0 atom stereocenters. The molecule has 0 saturated carbocycles. The van der Waals surface area contributed by atoms with Gasteiger partial charge >= 0.3 is 21.2 Å². The molecule has 32 heavy (non-hydrogen) atoms. The van der Waals surface area contributed by atoms with Crippen LogP contribution >= 0.6 is 11.3 Å². The number of nitrogens with one attached hydrogen (secondary N) is 1. The van der Waals surface area contributed by atoms with Gasteiger partial charge in [-0.2, -0.15) is 0 Å². The van der Waals surface area contributed by atoms with Crippen LogP contribution in [0.15, 0.2) is 66.7 Å². The normalized spacial score (nSPS) is 10.6. The van der Waals surface area contributed by atoms with E-state index in [1.54, 1.807) is 0 Å². The van der Waals surface area contributed by atoms with Gasteiger partial charge in [0.15, 0.2) is 19.1 Å². The first-order chi connectivity index (χ1) is 15.1. The number of rotatable bonds is 8. The van der Waals surface area contributed by atoms with Gasteiger partial charge in [-0.15, -0.1) is 0 Å². The van der Waals surface area contributed by atoms with Gasteiger partial charge < -0.3 is 26.5 Å². The van der Waals surface area contributed by atoms with E-state index < -0.39 is 0 Å². The van der Waals surface area contributed by atoms with Crippen LogP contribution in [0.5, 0.6) is 5.75 Å². The summed E-state index contributed by atoms with van der Waals surface area (Å²) >= 11 is 1.17. The number of benzene rings is 3. The van der Waals surface area contributed by atoms with Gasteiger partial charge in [0.25, 0.3) is 5.91 Å².